The van der Waals surface area contributed by atoms with Crippen molar-refractivity contribution >= 4 is 33.1 Å². The lowest BCUT2D eigenvalue weighted by atomic mass is 10.1. The molecule has 7 nitrogen and oxygen atoms in total. The molecule has 0 aliphatic carbocycles. The zero-order chi connectivity index (χ0) is 20.5. The summed E-state index contributed by atoms with van der Waals surface area (Å²) in [6.45, 7) is 3.73. The largest absolute Gasteiger partial charge is 0.345 e. The number of amides is 1. The van der Waals surface area contributed by atoms with Crippen LogP contribution in [0.15, 0.2) is 60.7 Å². The van der Waals surface area contributed by atoms with Crippen molar-refractivity contribution in [3.63, 3.8) is 0 Å². The van der Waals surface area contributed by atoms with E-state index in [4.69, 9.17) is 0 Å². The molecule has 2 aromatic carbocycles. The van der Waals surface area contributed by atoms with Crippen LogP contribution in [0.5, 0.6) is 0 Å². The Bertz CT molecular complexity index is 1210. The Morgan fingerprint density at radius 1 is 1.17 bits per heavy atom. The van der Waals surface area contributed by atoms with Crippen LogP contribution in [0.25, 0.3) is 15.9 Å². The highest BCUT2D eigenvalue weighted by Crippen LogP contribution is 2.31. The topological polar surface area (TPSA) is 90.1 Å². The number of aromatic nitrogens is 2. The van der Waals surface area contributed by atoms with Crippen LogP contribution in [0, 0.1) is 17.0 Å². The fraction of sp³-hybridized carbons (Fsp3) is 0.143. The van der Waals surface area contributed by atoms with E-state index in [1.165, 1.54) is 23.5 Å². The first kappa shape index (κ1) is 18.8. The van der Waals surface area contributed by atoms with Crippen LogP contribution in [0.1, 0.15) is 33.9 Å². The Hall–Kier alpha value is -3.52. The first-order chi connectivity index (χ1) is 13.9. The minimum Gasteiger partial charge on any atom is -0.345 e. The summed E-state index contributed by atoms with van der Waals surface area (Å²) in [5, 5.41) is 19.4. The van der Waals surface area contributed by atoms with E-state index in [9.17, 15) is 14.9 Å². The number of rotatable bonds is 5. The Labute approximate surface area is 170 Å². The van der Waals surface area contributed by atoms with Gasteiger partial charge in [-0.05, 0) is 37.6 Å². The maximum atomic E-state index is 12.8. The monoisotopic (exact) mass is 406 g/mol. The standard InChI is InChI=1S/C21H18N4O3S/c1-13(15-7-6-10-17(11-15)25(27)28)22-20(26)19-12-18-14(2)23-24(21(18)29-19)16-8-4-3-5-9-16/h3-13H,1-2H3,(H,22,26)/t13-/m1/s1. The molecule has 1 N–H and O–H groups in total. The van der Waals surface area contributed by atoms with Crippen molar-refractivity contribution in [3.05, 3.63) is 86.9 Å². The molecule has 1 amide bonds. The summed E-state index contributed by atoms with van der Waals surface area (Å²) in [6.07, 6.45) is 0. The summed E-state index contributed by atoms with van der Waals surface area (Å²) < 4.78 is 1.84. The van der Waals surface area contributed by atoms with Gasteiger partial charge in [0, 0.05) is 17.5 Å². The molecular weight excluding hydrogens is 388 g/mol. The number of nitrogens with one attached hydrogen (secondary N) is 1. The predicted octanol–water partition coefficient (Wildman–Crippen LogP) is 4.79. The number of para-hydroxylation sites is 1. The highest BCUT2D eigenvalue weighted by molar-refractivity contribution is 7.20. The second kappa shape index (κ2) is 7.48. The molecule has 0 radical (unpaired) electrons. The summed E-state index contributed by atoms with van der Waals surface area (Å²) in [5.41, 5.74) is 2.47. The van der Waals surface area contributed by atoms with Gasteiger partial charge in [0.25, 0.3) is 11.6 Å². The second-order valence-electron chi connectivity index (χ2n) is 6.71. The predicted molar refractivity (Wildman–Crippen MR) is 113 cm³/mol. The number of carbonyl (C=O) groups excluding carboxylic acids is 1. The lowest BCUT2D eigenvalue weighted by molar-refractivity contribution is -0.384. The number of nitro groups is 1. The van der Waals surface area contributed by atoms with E-state index >= 15 is 0 Å². The van der Waals surface area contributed by atoms with Gasteiger partial charge < -0.3 is 5.32 Å². The van der Waals surface area contributed by atoms with E-state index in [1.807, 2.05) is 48.0 Å². The molecule has 0 aliphatic rings. The molecule has 0 saturated heterocycles. The molecule has 0 bridgehead atoms. The van der Waals surface area contributed by atoms with Crippen LogP contribution in [0.2, 0.25) is 0 Å². The Morgan fingerprint density at radius 2 is 1.93 bits per heavy atom. The third-order valence-corrected chi connectivity index (χ3v) is 5.81. The van der Waals surface area contributed by atoms with Crippen molar-refractivity contribution in [1.82, 2.24) is 15.1 Å². The second-order valence-corrected chi connectivity index (χ2v) is 7.74. The van der Waals surface area contributed by atoms with Crippen molar-refractivity contribution in [1.29, 1.82) is 0 Å². The molecule has 0 fully saturated rings. The molecule has 0 saturated carbocycles. The van der Waals surface area contributed by atoms with Gasteiger partial charge in [-0.3, -0.25) is 14.9 Å². The Balaban J connectivity index is 1.61. The first-order valence-electron chi connectivity index (χ1n) is 9.04. The molecule has 4 rings (SSSR count). The van der Waals surface area contributed by atoms with Gasteiger partial charge in [-0.15, -0.1) is 11.3 Å². The highest BCUT2D eigenvalue weighted by Gasteiger charge is 2.19. The van der Waals surface area contributed by atoms with Gasteiger partial charge in [0.05, 0.1) is 27.2 Å². The average Bonchev–Trinajstić information content (AvgIpc) is 3.29. The van der Waals surface area contributed by atoms with Crippen molar-refractivity contribution in [2.45, 2.75) is 19.9 Å². The maximum absolute atomic E-state index is 12.8. The number of hydrogen-bond acceptors (Lipinski definition) is 5. The van der Waals surface area contributed by atoms with Gasteiger partial charge in [0.15, 0.2) is 0 Å². The van der Waals surface area contributed by atoms with Gasteiger partial charge in [-0.2, -0.15) is 5.10 Å². The molecule has 29 heavy (non-hydrogen) atoms. The van der Waals surface area contributed by atoms with Gasteiger partial charge in [0.2, 0.25) is 0 Å². The molecule has 2 heterocycles. The van der Waals surface area contributed by atoms with Gasteiger partial charge in [-0.1, -0.05) is 30.3 Å². The number of hydrogen-bond donors (Lipinski definition) is 1. The lowest BCUT2D eigenvalue weighted by Gasteiger charge is -2.13. The molecule has 2 aromatic heterocycles. The van der Waals surface area contributed by atoms with Crippen molar-refractivity contribution in [2.24, 2.45) is 0 Å². The quantitative estimate of drug-likeness (QED) is 0.381. The molecule has 8 heteroatoms. The molecule has 146 valence electrons. The molecule has 0 aliphatic heterocycles. The van der Waals surface area contributed by atoms with E-state index in [0.717, 1.165) is 21.6 Å². The molecular formula is C21H18N4O3S. The number of fused-ring (bicyclic) bond motifs is 1. The van der Waals surface area contributed by atoms with Crippen molar-refractivity contribution in [2.75, 3.05) is 0 Å². The van der Waals surface area contributed by atoms with Gasteiger partial charge in [-0.25, -0.2) is 4.68 Å². The molecule has 1 atom stereocenters. The number of carbonyl (C=O) groups is 1. The fourth-order valence-electron chi connectivity index (χ4n) is 3.16. The Kier molecular flexibility index (Phi) is 4.85. The summed E-state index contributed by atoms with van der Waals surface area (Å²) in [5.74, 6) is -0.218. The number of aryl methyl sites for hydroxylation is 1. The van der Waals surface area contributed by atoms with E-state index in [0.29, 0.717) is 10.4 Å². The summed E-state index contributed by atoms with van der Waals surface area (Å²) in [4.78, 5) is 24.8. The maximum Gasteiger partial charge on any atom is 0.269 e. The van der Waals surface area contributed by atoms with Crippen LogP contribution in [-0.2, 0) is 0 Å². The number of nitrogens with zero attached hydrogens (tertiary/aromatic N) is 3. The van der Waals surface area contributed by atoms with Gasteiger partial charge in [0.1, 0.15) is 4.83 Å². The third kappa shape index (κ3) is 3.62. The normalized spacial score (nSPS) is 12.1. The van der Waals surface area contributed by atoms with Crippen LogP contribution in [0.4, 0.5) is 5.69 Å². The zero-order valence-corrected chi connectivity index (χ0v) is 16.6. The molecule has 0 unspecified atom stereocenters. The summed E-state index contributed by atoms with van der Waals surface area (Å²) in [7, 11) is 0. The summed E-state index contributed by atoms with van der Waals surface area (Å²) in [6, 6.07) is 17.5. The van der Waals surface area contributed by atoms with Crippen LogP contribution in [-0.4, -0.2) is 20.6 Å². The number of benzene rings is 2. The minimum atomic E-state index is -0.442. The average molecular weight is 406 g/mol. The SMILES string of the molecule is Cc1nn(-c2ccccc2)c2sc(C(=O)N[C@H](C)c3cccc([N+](=O)[O-])c3)cc12. The minimum absolute atomic E-state index is 0.00374. The lowest BCUT2D eigenvalue weighted by Crippen LogP contribution is -2.25. The van der Waals surface area contributed by atoms with E-state index in [-0.39, 0.29) is 17.6 Å². The number of thiophene rings is 1. The number of nitro benzene ring substituents is 1. The van der Waals surface area contributed by atoms with Crippen LogP contribution < -0.4 is 5.32 Å². The van der Waals surface area contributed by atoms with E-state index < -0.39 is 4.92 Å². The molecule has 4 aromatic rings. The van der Waals surface area contributed by atoms with E-state index in [1.54, 1.807) is 19.1 Å². The Morgan fingerprint density at radius 3 is 2.66 bits per heavy atom. The van der Waals surface area contributed by atoms with Crippen molar-refractivity contribution in [3.8, 4) is 5.69 Å². The van der Waals surface area contributed by atoms with Gasteiger partial charge >= 0.3 is 0 Å². The molecule has 0 spiro atoms. The van der Waals surface area contributed by atoms with E-state index in [2.05, 4.69) is 10.4 Å². The van der Waals surface area contributed by atoms with Crippen LogP contribution in [0.3, 0.4) is 0 Å². The zero-order valence-electron chi connectivity index (χ0n) is 15.8. The fourth-order valence-corrected chi connectivity index (χ4v) is 4.25. The number of non-ortho nitro benzene ring substituents is 1. The third-order valence-electron chi connectivity index (χ3n) is 4.70. The summed E-state index contributed by atoms with van der Waals surface area (Å²) >= 11 is 1.37. The first-order valence-corrected chi connectivity index (χ1v) is 9.85. The highest BCUT2D eigenvalue weighted by atomic mass is 32.1. The smallest absolute Gasteiger partial charge is 0.269 e. The van der Waals surface area contributed by atoms with Crippen molar-refractivity contribution < 1.29 is 9.72 Å². The van der Waals surface area contributed by atoms with Crippen LogP contribution >= 0.6 is 11.3 Å².